The zero-order valence-corrected chi connectivity index (χ0v) is 11.9. The van der Waals surface area contributed by atoms with Crippen molar-refractivity contribution in [1.29, 1.82) is 0 Å². The SMILES string of the molecule is CCCN(CC(=O)OCC)Cc1ccccc1CN. The van der Waals surface area contributed by atoms with Crippen molar-refractivity contribution in [2.24, 2.45) is 5.73 Å². The summed E-state index contributed by atoms with van der Waals surface area (Å²) in [5.41, 5.74) is 8.05. The van der Waals surface area contributed by atoms with E-state index in [0.29, 0.717) is 19.7 Å². The average molecular weight is 264 g/mol. The predicted octanol–water partition coefficient (Wildman–Crippen LogP) is 1.92. The van der Waals surface area contributed by atoms with Crippen LogP contribution in [0, 0.1) is 0 Å². The second kappa shape index (κ2) is 8.67. The van der Waals surface area contributed by atoms with Crippen molar-refractivity contribution in [3.8, 4) is 0 Å². The van der Waals surface area contributed by atoms with Crippen molar-refractivity contribution in [1.82, 2.24) is 4.90 Å². The molecule has 0 unspecified atom stereocenters. The highest BCUT2D eigenvalue weighted by Gasteiger charge is 2.12. The van der Waals surface area contributed by atoms with Gasteiger partial charge in [0, 0.05) is 13.1 Å². The van der Waals surface area contributed by atoms with Gasteiger partial charge < -0.3 is 10.5 Å². The van der Waals surface area contributed by atoms with Gasteiger partial charge in [-0.25, -0.2) is 0 Å². The molecule has 0 spiro atoms. The van der Waals surface area contributed by atoms with Crippen LogP contribution in [-0.2, 0) is 22.6 Å². The Morgan fingerprint density at radius 2 is 1.95 bits per heavy atom. The maximum atomic E-state index is 11.6. The van der Waals surface area contributed by atoms with Crippen LogP contribution in [0.1, 0.15) is 31.4 Å². The number of esters is 1. The van der Waals surface area contributed by atoms with Crippen LogP contribution in [-0.4, -0.2) is 30.6 Å². The lowest BCUT2D eigenvalue weighted by molar-refractivity contribution is -0.144. The summed E-state index contributed by atoms with van der Waals surface area (Å²) in [6, 6.07) is 8.09. The average Bonchev–Trinajstić information content (AvgIpc) is 2.40. The predicted molar refractivity (Wildman–Crippen MR) is 76.5 cm³/mol. The topological polar surface area (TPSA) is 55.6 Å². The third kappa shape index (κ3) is 5.41. The molecule has 0 bridgehead atoms. The first-order valence-electron chi connectivity index (χ1n) is 6.86. The van der Waals surface area contributed by atoms with E-state index in [1.807, 2.05) is 25.1 Å². The molecule has 0 saturated heterocycles. The number of nitrogens with two attached hydrogens (primary N) is 1. The molecule has 0 atom stereocenters. The summed E-state index contributed by atoms with van der Waals surface area (Å²) in [7, 11) is 0. The fourth-order valence-corrected chi connectivity index (χ4v) is 2.07. The van der Waals surface area contributed by atoms with Crippen LogP contribution in [0.25, 0.3) is 0 Å². The van der Waals surface area contributed by atoms with E-state index in [0.717, 1.165) is 25.1 Å². The number of hydrogen-bond donors (Lipinski definition) is 1. The van der Waals surface area contributed by atoms with E-state index in [4.69, 9.17) is 10.5 Å². The molecular weight excluding hydrogens is 240 g/mol. The molecule has 0 aliphatic rings. The van der Waals surface area contributed by atoms with E-state index in [2.05, 4.69) is 17.9 Å². The van der Waals surface area contributed by atoms with Crippen molar-refractivity contribution >= 4 is 5.97 Å². The van der Waals surface area contributed by atoms with E-state index < -0.39 is 0 Å². The molecule has 2 N–H and O–H groups in total. The molecule has 0 heterocycles. The Morgan fingerprint density at radius 1 is 1.26 bits per heavy atom. The van der Waals surface area contributed by atoms with Crippen molar-refractivity contribution in [3.05, 3.63) is 35.4 Å². The Morgan fingerprint density at radius 3 is 2.53 bits per heavy atom. The van der Waals surface area contributed by atoms with E-state index >= 15 is 0 Å². The normalized spacial score (nSPS) is 10.7. The Bertz CT molecular complexity index is 393. The van der Waals surface area contributed by atoms with E-state index in [9.17, 15) is 4.79 Å². The van der Waals surface area contributed by atoms with Gasteiger partial charge in [-0.2, -0.15) is 0 Å². The minimum Gasteiger partial charge on any atom is -0.465 e. The van der Waals surface area contributed by atoms with E-state index in [1.54, 1.807) is 0 Å². The second-order valence-electron chi connectivity index (χ2n) is 4.49. The Balaban J connectivity index is 2.69. The zero-order valence-electron chi connectivity index (χ0n) is 11.9. The zero-order chi connectivity index (χ0) is 14.1. The Kier molecular flexibility index (Phi) is 7.15. The molecule has 0 radical (unpaired) electrons. The summed E-state index contributed by atoms with van der Waals surface area (Å²) >= 11 is 0. The fourth-order valence-electron chi connectivity index (χ4n) is 2.07. The van der Waals surface area contributed by atoms with E-state index in [-0.39, 0.29) is 5.97 Å². The number of carbonyl (C=O) groups excluding carboxylic acids is 1. The maximum absolute atomic E-state index is 11.6. The van der Waals surface area contributed by atoms with Gasteiger partial charge in [0.1, 0.15) is 0 Å². The molecule has 0 aromatic heterocycles. The third-order valence-corrected chi connectivity index (χ3v) is 2.93. The minimum atomic E-state index is -0.166. The van der Waals surface area contributed by atoms with E-state index in [1.165, 1.54) is 5.56 Å². The highest BCUT2D eigenvalue weighted by Crippen LogP contribution is 2.11. The van der Waals surface area contributed by atoms with Crippen LogP contribution >= 0.6 is 0 Å². The second-order valence-corrected chi connectivity index (χ2v) is 4.49. The first-order valence-corrected chi connectivity index (χ1v) is 6.86. The quantitative estimate of drug-likeness (QED) is 0.729. The number of nitrogens with zero attached hydrogens (tertiary/aromatic N) is 1. The van der Waals surface area contributed by atoms with Crippen LogP contribution in [0.2, 0.25) is 0 Å². The summed E-state index contributed by atoms with van der Waals surface area (Å²) in [6.07, 6.45) is 1.00. The first-order chi connectivity index (χ1) is 9.21. The van der Waals surface area contributed by atoms with Crippen molar-refractivity contribution in [2.75, 3.05) is 19.7 Å². The molecule has 0 fully saturated rings. The maximum Gasteiger partial charge on any atom is 0.320 e. The summed E-state index contributed by atoms with van der Waals surface area (Å²) in [4.78, 5) is 13.7. The molecular formula is C15H24N2O2. The van der Waals surface area contributed by atoms with Gasteiger partial charge in [-0.1, -0.05) is 31.2 Å². The van der Waals surface area contributed by atoms with Gasteiger partial charge >= 0.3 is 5.97 Å². The highest BCUT2D eigenvalue weighted by molar-refractivity contribution is 5.71. The summed E-state index contributed by atoms with van der Waals surface area (Å²) in [6.45, 7) is 6.82. The highest BCUT2D eigenvalue weighted by atomic mass is 16.5. The molecule has 19 heavy (non-hydrogen) atoms. The summed E-state index contributed by atoms with van der Waals surface area (Å²) < 4.78 is 5.01. The number of hydrogen-bond acceptors (Lipinski definition) is 4. The lowest BCUT2D eigenvalue weighted by Gasteiger charge is -2.22. The van der Waals surface area contributed by atoms with Crippen LogP contribution in [0.3, 0.4) is 0 Å². The van der Waals surface area contributed by atoms with Crippen molar-refractivity contribution in [2.45, 2.75) is 33.4 Å². The van der Waals surface area contributed by atoms with Gasteiger partial charge in [0.15, 0.2) is 0 Å². The van der Waals surface area contributed by atoms with Gasteiger partial charge in [0.2, 0.25) is 0 Å². The van der Waals surface area contributed by atoms with Crippen LogP contribution in [0.4, 0.5) is 0 Å². The molecule has 106 valence electrons. The third-order valence-electron chi connectivity index (χ3n) is 2.93. The smallest absolute Gasteiger partial charge is 0.320 e. The van der Waals surface area contributed by atoms with Crippen LogP contribution < -0.4 is 5.73 Å². The van der Waals surface area contributed by atoms with Crippen LogP contribution in [0.15, 0.2) is 24.3 Å². The number of rotatable bonds is 8. The largest absolute Gasteiger partial charge is 0.465 e. The molecule has 0 aliphatic heterocycles. The standard InChI is InChI=1S/C15H24N2O2/c1-3-9-17(12-15(18)19-4-2)11-14-8-6-5-7-13(14)10-16/h5-8H,3-4,9-12,16H2,1-2H3. The molecule has 4 heteroatoms. The molecule has 1 aromatic carbocycles. The monoisotopic (exact) mass is 264 g/mol. The van der Waals surface area contributed by atoms with Gasteiger partial charge in [-0.3, -0.25) is 9.69 Å². The van der Waals surface area contributed by atoms with Crippen molar-refractivity contribution < 1.29 is 9.53 Å². The number of benzene rings is 1. The summed E-state index contributed by atoms with van der Waals surface area (Å²) in [5.74, 6) is -0.166. The molecule has 4 nitrogen and oxygen atoms in total. The van der Waals surface area contributed by atoms with Crippen LogP contribution in [0.5, 0.6) is 0 Å². The molecule has 1 aromatic rings. The van der Waals surface area contributed by atoms with Gasteiger partial charge in [0.25, 0.3) is 0 Å². The minimum absolute atomic E-state index is 0.166. The molecule has 1 rings (SSSR count). The lowest BCUT2D eigenvalue weighted by atomic mass is 10.1. The Labute approximate surface area is 115 Å². The number of ether oxygens (including phenoxy) is 1. The molecule has 0 aliphatic carbocycles. The van der Waals surface area contributed by atoms with Gasteiger partial charge in [-0.05, 0) is 31.0 Å². The molecule has 0 saturated carbocycles. The van der Waals surface area contributed by atoms with Crippen molar-refractivity contribution in [3.63, 3.8) is 0 Å². The van der Waals surface area contributed by atoms with Gasteiger partial charge in [0.05, 0.1) is 13.2 Å². The van der Waals surface area contributed by atoms with Gasteiger partial charge in [-0.15, -0.1) is 0 Å². The molecule has 0 amide bonds. The first kappa shape index (κ1) is 15.7. The number of carbonyl (C=O) groups is 1. The lowest BCUT2D eigenvalue weighted by Crippen LogP contribution is -2.31. The summed E-state index contributed by atoms with van der Waals surface area (Å²) in [5, 5.41) is 0. The Hall–Kier alpha value is -1.39. The fraction of sp³-hybridized carbons (Fsp3) is 0.533.